The van der Waals surface area contributed by atoms with Crippen molar-refractivity contribution in [2.24, 2.45) is 0 Å². The third-order valence-corrected chi connectivity index (χ3v) is 4.50. The van der Waals surface area contributed by atoms with Gasteiger partial charge in [-0.1, -0.05) is 19.9 Å². The monoisotopic (exact) mass is 283 g/mol. The van der Waals surface area contributed by atoms with Crippen LogP contribution in [0.4, 0.5) is 5.69 Å². The van der Waals surface area contributed by atoms with E-state index < -0.39 is 0 Å². The fourth-order valence-electron chi connectivity index (χ4n) is 3.18. The van der Waals surface area contributed by atoms with Gasteiger partial charge in [0.15, 0.2) is 0 Å². The van der Waals surface area contributed by atoms with Gasteiger partial charge in [-0.05, 0) is 42.5 Å². The standard InChI is InChI=1S/C18H25N3/c1-13(2)16-11-19-12-17-15(16)9-14(3)10-18(17)21-7-5-20(4)6-8-21/h9-13H,5-8H2,1-4H3. The number of hydrogen-bond acceptors (Lipinski definition) is 3. The van der Waals surface area contributed by atoms with Gasteiger partial charge in [-0.2, -0.15) is 0 Å². The molecular formula is C18H25N3. The third kappa shape index (κ3) is 2.75. The predicted octanol–water partition coefficient (Wildman–Crippen LogP) is 3.42. The van der Waals surface area contributed by atoms with E-state index in [1.165, 1.54) is 27.6 Å². The molecule has 2 aromatic rings. The summed E-state index contributed by atoms with van der Waals surface area (Å²) in [6.07, 6.45) is 4.06. The molecule has 1 fully saturated rings. The van der Waals surface area contributed by atoms with Gasteiger partial charge in [0, 0.05) is 49.6 Å². The molecule has 3 heteroatoms. The van der Waals surface area contributed by atoms with Crippen molar-refractivity contribution in [2.45, 2.75) is 26.7 Å². The molecule has 1 aromatic carbocycles. The number of likely N-dealkylation sites (N-methyl/N-ethyl adjacent to an activating group) is 1. The Labute approximate surface area is 127 Å². The molecular weight excluding hydrogens is 258 g/mol. The molecule has 0 aliphatic carbocycles. The summed E-state index contributed by atoms with van der Waals surface area (Å²) in [5, 5.41) is 2.67. The topological polar surface area (TPSA) is 19.4 Å². The van der Waals surface area contributed by atoms with Gasteiger partial charge in [0.2, 0.25) is 0 Å². The number of aromatic nitrogens is 1. The molecule has 1 aliphatic rings. The molecule has 1 saturated heterocycles. The third-order valence-electron chi connectivity index (χ3n) is 4.50. The molecule has 112 valence electrons. The fourth-order valence-corrected chi connectivity index (χ4v) is 3.18. The number of nitrogens with zero attached hydrogens (tertiary/aromatic N) is 3. The number of pyridine rings is 1. The van der Waals surface area contributed by atoms with E-state index in [1.54, 1.807) is 0 Å². The molecule has 0 saturated carbocycles. The highest BCUT2D eigenvalue weighted by Gasteiger charge is 2.18. The Kier molecular flexibility index (Phi) is 3.85. The Balaban J connectivity index is 2.12. The minimum atomic E-state index is 0.503. The van der Waals surface area contributed by atoms with E-state index in [1.807, 2.05) is 12.4 Å². The van der Waals surface area contributed by atoms with Crippen molar-refractivity contribution in [1.29, 1.82) is 0 Å². The predicted molar refractivity (Wildman–Crippen MR) is 90.3 cm³/mol. The average molecular weight is 283 g/mol. The molecule has 0 bridgehead atoms. The van der Waals surface area contributed by atoms with Crippen LogP contribution in [0.3, 0.4) is 0 Å². The van der Waals surface area contributed by atoms with Crippen LogP contribution in [0.5, 0.6) is 0 Å². The molecule has 0 radical (unpaired) electrons. The first-order valence-corrected chi connectivity index (χ1v) is 7.88. The molecule has 0 amide bonds. The number of hydrogen-bond donors (Lipinski definition) is 0. The summed E-state index contributed by atoms with van der Waals surface area (Å²) in [5.41, 5.74) is 4.05. The Morgan fingerprint density at radius 2 is 1.71 bits per heavy atom. The first-order valence-electron chi connectivity index (χ1n) is 7.88. The highest BCUT2D eigenvalue weighted by Crippen LogP contribution is 2.33. The first kappa shape index (κ1) is 14.3. The Morgan fingerprint density at radius 3 is 2.38 bits per heavy atom. The minimum Gasteiger partial charge on any atom is -0.368 e. The zero-order chi connectivity index (χ0) is 15.0. The van der Waals surface area contributed by atoms with Gasteiger partial charge < -0.3 is 9.80 Å². The van der Waals surface area contributed by atoms with Gasteiger partial charge in [-0.25, -0.2) is 0 Å². The van der Waals surface area contributed by atoms with Gasteiger partial charge in [-0.3, -0.25) is 4.98 Å². The second kappa shape index (κ2) is 5.64. The molecule has 0 N–H and O–H groups in total. The molecule has 1 aromatic heterocycles. The van der Waals surface area contributed by atoms with Crippen molar-refractivity contribution < 1.29 is 0 Å². The van der Waals surface area contributed by atoms with Crippen molar-refractivity contribution in [3.8, 4) is 0 Å². The highest BCUT2D eigenvalue weighted by molar-refractivity contribution is 5.96. The van der Waals surface area contributed by atoms with Crippen LogP contribution < -0.4 is 4.90 Å². The van der Waals surface area contributed by atoms with Crippen molar-refractivity contribution in [2.75, 3.05) is 38.1 Å². The van der Waals surface area contributed by atoms with E-state index in [-0.39, 0.29) is 0 Å². The zero-order valence-electron chi connectivity index (χ0n) is 13.6. The summed E-state index contributed by atoms with van der Waals surface area (Å²) >= 11 is 0. The Morgan fingerprint density at radius 1 is 1.00 bits per heavy atom. The number of anilines is 1. The minimum absolute atomic E-state index is 0.503. The van der Waals surface area contributed by atoms with Gasteiger partial charge >= 0.3 is 0 Å². The molecule has 0 spiro atoms. The molecule has 1 aliphatic heterocycles. The van der Waals surface area contributed by atoms with Gasteiger partial charge in [-0.15, -0.1) is 0 Å². The van der Waals surface area contributed by atoms with E-state index >= 15 is 0 Å². The van der Waals surface area contributed by atoms with Gasteiger partial charge in [0.1, 0.15) is 0 Å². The molecule has 3 rings (SSSR count). The van der Waals surface area contributed by atoms with Crippen LogP contribution in [-0.4, -0.2) is 43.1 Å². The fraction of sp³-hybridized carbons (Fsp3) is 0.500. The summed E-state index contributed by atoms with van der Waals surface area (Å²) in [7, 11) is 2.20. The van der Waals surface area contributed by atoms with E-state index in [4.69, 9.17) is 0 Å². The summed E-state index contributed by atoms with van der Waals surface area (Å²) in [6.45, 7) is 11.1. The van der Waals surface area contributed by atoms with E-state index in [2.05, 4.69) is 54.7 Å². The largest absolute Gasteiger partial charge is 0.368 e. The van der Waals surface area contributed by atoms with Crippen LogP contribution in [0.2, 0.25) is 0 Å². The average Bonchev–Trinajstić information content (AvgIpc) is 2.46. The lowest BCUT2D eigenvalue weighted by atomic mass is 9.96. The van der Waals surface area contributed by atoms with Crippen LogP contribution in [0.1, 0.15) is 30.9 Å². The van der Waals surface area contributed by atoms with Crippen LogP contribution in [0.15, 0.2) is 24.5 Å². The van der Waals surface area contributed by atoms with Crippen LogP contribution in [-0.2, 0) is 0 Å². The number of rotatable bonds is 2. The number of piperazine rings is 1. The van der Waals surface area contributed by atoms with Crippen molar-refractivity contribution >= 4 is 16.5 Å². The maximum absolute atomic E-state index is 4.50. The summed E-state index contributed by atoms with van der Waals surface area (Å²) in [5.74, 6) is 0.503. The molecule has 3 nitrogen and oxygen atoms in total. The van der Waals surface area contributed by atoms with Gasteiger partial charge in [0.25, 0.3) is 0 Å². The molecule has 21 heavy (non-hydrogen) atoms. The second-order valence-electron chi connectivity index (χ2n) is 6.55. The molecule has 2 heterocycles. The lowest BCUT2D eigenvalue weighted by molar-refractivity contribution is 0.313. The van der Waals surface area contributed by atoms with Crippen LogP contribution in [0.25, 0.3) is 10.8 Å². The molecule has 0 unspecified atom stereocenters. The number of fused-ring (bicyclic) bond motifs is 1. The lowest BCUT2D eigenvalue weighted by Gasteiger charge is -2.35. The summed E-state index contributed by atoms with van der Waals surface area (Å²) < 4.78 is 0. The lowest BCUT2D eigenvalue weighted by Crippen LogP contribution is -2.44. The summed E-state index contributed by atoms with van der Waals surface area (Å²) in [6, 6.07) is 4.63. The summed E-state index contributed by atoms with van der Waals surface area (Å²) in [4.78, 5) is 9.41. The van der Waals surface area contributed by atoms with Crippen LogP contribution >= 0.6 is 0 Å². The first-order chi connectivity index (χ1) is 10.1. The van der Waals surface area contributed by atoms with Crippen LogP contribution in [0, 0.1) is 6.92 Å². The Bertz CT molecular complexity index is 640. The molecule has 0 atom stereocenters. The SMILES string of the molecule is Cc1cc(N2CCN(C)CC2)c2cncc(C(C)C)c2c1. The van der Waals surface area contributed by atoms with Gasteiger partial charge in [0.05, 0.1) is 0 Å². The van der Waals surface area contributed by atoms with Crippen molar-refractivity contribution in [3.05, 3.63) is 35.7 Å². The Hall–Kier alpha value is -1.61. The quantitative estimate of drug-likeness (QED) is 0.842. The number of benzene rings is 1. The van der Waals surface area contributed by atoms with E-state index in [0.717, 1.165) is 26.2 Å². The highest BCUT2D eigenvalue weighted by atomic mass is 15.2. The van der Waals surface area contributed by atoms with E-state index in [0.29, 0.717) is 5.92 Å². The van der Waals surface area contributed by atoms with E-state index in [9.17, 15) is 0 Å². The van der Waals surface area contributed by atoms with Crippen molar-refractivity contribution in [1.82, 2.24) is 9.88 Å². The normalized spacial score (nSPS) is 16.9. The van der Waals surface area contributed by atoms with Crippen molar-refractivity contribution in [3.63, 3.8) is 0 Å². The number of aryl methyl sites for hydroxylation is 1. The second-order valence-corrected chi connectivity index (χ2v) is 6.55. The maximum atomic E-state index is 4.50. The zero-order valence-corrected chi connectivity index (χ0v) is 13.6. The maximum Gasteiger partial charge on any atom is 0.0465 e. The smallest absolute Gasteiger partial charge is 0.0465 e.